The largest absolute Gasteiger partial charge is 0.467 e. The summed E-state index contributed by atoms with van der Waals surface area (Å²) < 4.78 is 13.0. The predicted molar refractivity (Wildman–Crippen MR) is 107 cm³/mol. The second kappa shape index (κ2) is 9.00. The molecule has 0 saturated carbocycles. The molecule has 0 aliphatic carbocycles. The number of thioether (sulfide) groups is 1. The molecule has 9 heteroatoms. The summed E-state index contributed by atoms with van der Waals surface area (Å²) in [5, 5.41) is 9.44. The molecule has 152 valence electrons. The molecule has 8 nitrogen and oxygen atoms in total. The number of piperidine rings is 1. The maximum absolute atomic E-state index is 12.8. The summed E-state index contributed by atoms with van der Waals surface area (Å²) in [5.41, 5.74) is 0. The highest BCUT2D eigenvalue weighted by Crippen LogP contribution is 2.29. The van der Waals surface area contributed by atoms with Gasteiger partial charge in [-0.1, -0.05) is 11.8 Å². The highest BCUT2D eigenvalue weighted by atomic mass is 32.2. The zero-order chi connectivity index (χ0) is 19.3. The van der Waals surface area contributed by atoms with Crippen molar-refractivity contribution in [2.75, 3.05) is 44.3 Å². The monoisotopic (exact) mass is 405 g/mol. The van der Waals surface area contributed by atoms with E-state index < -0.39 is 0 Å². The summed E-state index contributed by atoms with van der Waals surface area (Å²) >= 11 is 1.47. The molecule has 1 unspecified atom stereocenters. The molecule has 2 saturated heterocycles. The molecule has 2 aliphatic rings. The minimum Gasteiger partial charge on any atom is -0.467 e. The SMILES string of the molecule is CC(Sc1nnc(N2CCCCC2)n1Cc1ccco1)C(=O)N1CCOCC1. The van der Waals surface area contributed by atoms with Crippen molar-refractivity contribution in [2.24, 2.45) is 0 Å². The van der Waals surface area contributed by atoms with Crippen LogP contribution in [0.5, 0.6) is 0 Å². The highest BCUT2D eigenvalue weighted by molar-refractivity contribution is 8.00. The number of hydrogen-bond acceptors (Lipinski definition) is 7. The first-order valence-corrected chi connectivity index (χ1v) is 10.8. The van der Waals surface area contributed by atoms with Crippen molar-refractivity contribution >= 4 is 23.6 Å². The maximum Gasteiger partial charge on any atom is 0.236 e. The van der Waals surface area contributed by atoms with Crippen molar-refractivity contribution < 1.29 is 13.9 Å². The molecule has 2 aromatic heterocycles. The quantitative estimate of drug-likeness (QED) is 0.682. The van der Waals surface area contributed by atoms with E-state index in [0.717, 1.165) is 30.0 Å². The Kier molecular flexibility index (Phi) is 6.21. The number of amides is 1. The Morgan fingerprint density at radius 1 is 1.18 bits per heavy atom. The summed E-state index contributed by atoms with van der Waals surface area (Å²) in [7, 11) is 0. The average molecular weight is 406 g/mol. The lowest BCUT2D eigenvalue weighted by molar-refractivity contribution is -0.134. The van der Waals surface area contributed by atoms with Gasteiger partial charge in [-0.2, -0.15) is 0 Å². The lowest BCUT2D eigenvalue weighted by Crippen LogP contribution is -2.44. The molecule has 0 N–H and O–H groups in total. The van der Waals surface area contributed by atoms with Crippen LogP contribution in [0, 0.1) is 0 Å². The van der Waals surface area contributed by atoms with E-state index in [-0.39, 0.29) is 11.2 Å². The second-order valence-corrected chi connectivity index (χ2v) is 8.50. The Hall–Kier alpha value is -2.00. The van der Waals surface area contributed by atoms with E-state index in [0.29, 0.717) is 32.8 Å². The van der Waals surface area contributed by atoms with E-state index in [2.05, 4.69) is 19.7 Å². The van der Waals surface area contributed by atoms with E-state index in [4.69, 9.17) is 9.15 Å². The summed E-state index contributed by atoms with van der Waals surface area (Å²) in [4.78, 5) is 17.0. The first-order valence-electron chi connectivity index (χ1n) is 9.96. The second-order valence-electron chi connectivity index (χ2n) is 7.19. The molecule has 0 spiro atoms. The van der Waals surface area contributed by atoms with E-state index in [1.165, 1.54) is 31.0 Å². The van der Waals surface area contributed by atoms with Crippen LogP contribution in [-0.4, -0.2) is 70.2 Å². The van der Waals surface area contributed by atoms with Gasteiger partial charge in [-0.15, -0.1) is 10.2 Å². The third-order valence-electron chi connectivity index (χ3n) is 5.18. The summed E-state index contributed by atoms with van der Waals surface area (Å²) in [6.07, 6.45) is 5.27. The topological polar surface area (TPSA) is 76.6 Å². The smallest absolute Gasteiger partial charge is 0.236 e. The van der Waals surface area contributed by atoms with Crippen molar-refractivity contribution in [3.8, 4) is 0 Å². The van der Waals surface area contributed by atoms with Gasteiger partial charge < -0.3 is 19.0 Å². The highest BCUT2D eigenvalue weighted by Gasteiger charge is 2.27. The van der Waals surface area contributed by atoms with Crippen molar-refractivity contribution in [1.82, 2.24) is 19.7 Å². The Balaban J connectivity index is 1.53. The van der Waals surface area contributed by atoms with Gasteiger partial charge in [0.1, 0.15) is 5.76 Å². The molecule has 2 aliphatic heterocycles. The predicted octanol–water partition coefficient (Wildman–Crippen LogP) is 2.25. The number of hydrogen-bond donors (Lipinski definition) is 0. The van der Waals surface area contributed by atoms with Gasteiger partial charge in [0.15, 0.2) is 5.16 Å². The lowest BCUT2D eigenvalue weighted by Gasteiger charge is -2.29. The minimum absolute atomic E-state index is 0.125. The van der Waals surface area contributed by atoms with Gasteiger partial charge in [-0.3, -0.25) is 9.36 Å². The number of nitrogens with zero attached hydrogens (tertiary/aromatic N) is 5. The van der Waals surface area contributed by atoms with Crippen molar-refractivity contribution in [1.29, 1.82) is 0 Å². The van der Waals surface area contributed by atoms with Crippen LogP contribution in [0.4, 0.5) is 5.95 Å². The number of morpholine rings is 1. The number of carbonyl (C=O) groups is 1. The summed E-state index contributed by atoms with van der Waals surface area (Å²) in [6, 6.07) is 3.84. The minimum atomic E-state index is -0.230. The number of furan rings is 1. The molecule has 0 aromatic carbocycles. The molecule has 28 heavy (non-hydrogen) atoms. The fourth-order valence-electron chi connectivity index (χ4n) is 3.64. The maximum atomic E-state index is 12.8. The first-order chi connectivity index (χ1) is 13.7. The van der Waals surface area contributed by atoms with Gasteiger partial charge in [0, 0.05) is 26.2 Å². The summed E-state index contributed by atoms with van der Waals surface area (Å²) in [5.74, 6) is 1.84. The Morgan fingerprint density at radius 2 is 1.96 bits per heavy atom. The lowest BCUT2D eigenvalue weighted by atomic mass is 10.1. The normalized spacial score (nSPS) is 19.0. The third-order valence-corrected chi connectivity index (χ3v) is 6.25. The number of rotatable bonds is 6. The number of anilines is 1. The van der Waals surface area contributed by atoms with Crippen LogP contribution < -0.4 is 4.90 Å². The van der Waals surface area contributed by atoms with Gasteiger partial charge in [0.05, 0.1) is 31.3 Å². The summed E-state index contributed by atoms with van der Waals surface area (Å²) in [6.45, 7) is 7.01. The van der Waals surface area contributed by atoms with Gasteiger partial charge in [0.2, 0.25) is 11.9 Å². The van der Waals surface area contributed by atoms with Crippen LogP contribution in [0.3, 0.4) is 0 Å². The van der Waals surface area contributed by atoms with Crippen LogP contribution in [0.15, 0.2) is 28.0 Å². The number of aromatic nitrogens is 3. The van der Waals surface area contributed by atoms with Gasteiger partial charge in [0.25, 0.3) is 0 Å². The van der Waals surface area contributed by atoms with Crippen LogP contribution in [0.25, 0.3) is 0 Å². The van der Waals surface area contributed by atoms with Crippen LogP contribution >= 0.6 is 11.8 Å². The van der Waals surface area contributed by atoms with Crippen LogP contribution in [0.2, 0.25) is 0 Å². The van der Waals surface area contributed by atoms with Crippen LogP contribution in [0.1, 0.15) is 31.9 Å². The molecule has 0 bridgehead atoms. The molecule has 4 rings (SSSR count). The van der Waals surface area contributed by atoms with Crippen molar-refractivity contribution in [3.05, 3.63) is 24.2 Å². The van der Waals surface area contributed by atoms with Gasteiger partial charge >= 0.3 is 0 Å². The standard InChI is InChI=1S/C19H27N5O3S/c1-15(17(25)22-9-12-26-13-10-22)28-19-21-20-18(23-7-3-2-4-8-23)24(19)14-16-6-5-11-27-16/h5-6,11,15H,2-4,7-10,12-14H2,1H3. The Bertz CT molecular complexity index is 767. The number of carbonyl (C=O) groups excluding carboxylic acids is 1. The van der Waals surface area contributed by atoms with E-state index in [1.807, 2.05) is 24.0 Å². The zero-order valence-corrected chi connectivity index (χ0v) is 17.1. The Morgan fingerprint density at radius 3 is 2.68 bits per heavy atom. The third kappa shape index (κ3) is 4.35. The van der Waals surface area contributed by atoms with Crippen LogP contribution in [-0.2, 0) is 16.1 Å². The molecule has 2 fully saturated rings. The van der Waals surface area contributed by atoms with Crippen molar-refractivity contribution in [2.45, 2.75) is 43.1 Å². The molecule has 2 aromatic rings. The molecule has 1 amide bonds. The van der Waals surface area contributed by atoms with E-state index >= 15 is 0 Å². The fraction of sp³-hybridized carbons (Fsp3) is 0.632. The first kappa shape index (κ1) is 19.3. The van der Waals surface area contributed by atoms with Crippen molar-refractivity contribution in [3.63, 3.8) is 0 Å². The van der Waals surface area contributed by atoms with Gasteiger partial charge in [-0.25, -0.2) is 0 Å². The zero-order valence-electron chi connectivity index (χ0n) is 16.2. The molecular formula is C19H27N5O3S. The van der Waals surface area contributed by atoms with E-state index in [9.17, 15) is 4.79 Å². The molecule has 4 heterocycles. The van der Waals surface area contributed by atoms with E-state index in [1.54, 1.807) is 6.26 Å². The fourth-order valence-corrected chi connectivity index (χ4v) is 4.57. The average Bonchev–Trinajstić information content (AvgIpc) is 3.39. The van der Waals surface area contributed by atoms with Gasteiger partial charge in [-0.05, 0) is 38.3 Å². The Labute approximate surface area is 169 Å². The molecule has 1 atom stereocenters. The number of ether oxygens (including phenoxy) is 1. The molecule has 0 radical (unpaired) electrons. The molecular weight excluding hydrogens is 378 g/mol.